The molecule has 2 rings (SSSR count). The molecule has 0 aromatic heterocycles. The summed E-state index contributed by atoms with van der Waals surface area (Å²) in [6.07, 6.45) is 0. The second-order valence-corrected chi connectivity index (χ2v) is 4.13. The Bertz CT molecular complexity index is 433. The Morgan fingerprint density at radius 3 is 2.61 bits per heavy atom. The fourth-order valence-electron chi connectivity index (χ4n) is 1.81. The number of hydrogen-bond acceptors (Lipinski definition) is 5. The van der Waals surface area contributed by atoms with Gasteiger partial charge in [0.15, 0.2) is 0 Å². The van der Waals surface area contributed by atoms with Gasteiger partial charge in [-0.15, -0.1) is 0 Å². The molecule has 1 N–H and O–H groups in total. The van der Waals surface area contributed by atoms with Crippen molar-refractivity contribution >= 4 is 18.3 Å². The van der Waals surface area contributed by atoms with E-state index in [1.54, 1.807) is 13.0 Å². The molecule has 7 heteroatoms. The van der Waals surface area contributed by atoms with Gasteiger partial charge >= 0.3 is 7.12 Å². The van der Waals surface area contributed by atoms with Crippen molar-refractivity contribution in [3.8, 4) is 0 Å². The number of nitro benzene ring substituents is 1. The van der Waals surface area contributed by atoms with Gasteiger partial charge in [-0.1, -0.05) is 12.1 Å². The lowest BCUT2D eigenvalue weighted by Crippen LogP contribution is -2.43. The van der Waals surface area contributed by atoms with E-state index >= 15 is 0 Å². The Balaban J connectivity index is 2.20. The third-order valence-corrected chi connectivity index (χ3v) is 2.80. The quantitative estimate of drug-likeness (QED) is 0.462. The van der Waals surface area contributed by atoms with Crippen LogP contribution >= 0.6 is 0 Å². The maximum absolute atomic E-state index is 10.9. The second-order valence-electron chi connectivity index (χ2n) is 4.13. The summed E-state index contributed by atoms with van der Waals surface area (Å²) in [5, 5.41) is 14.0. The number of rotatable bonds is 2. The Labute approximate surface area is 106 Å². The van der Waals surface area contributed by atoms with E-state index in [4.69, 9.17) is 9.31 Å². The van der Waals surface area contributed by atoms with Crippen molar-refractivity contribution in [1.29, 1.82) is 0 Å². The lowest BCUT2D eigenvalue weighted by molar-refractivity contribution is -0.385. The van der Waals surface area contributed by atoms with Crippen LogP contribution in [0.25, 0.3) is 0 Å². The summed E-state index contributed by atoms with van der Waals surface area (Å²) < 4.78 is 11.1. The molecule has 0 radical (unpaired) electrons. The first kappa shape index (κ1) is 13.0. The van der Waals surface area contributed by atoms with Crippen molar-refractivity contribution in [1.82, 2.24) is 5.32 Å². The molecule has 1 aromatic carbocycles. The van der Waals surface area contributed by atoms with Crippen molar-refractivity contribution in [2.45, 2.75) is 6.92 Å². The van der Waals surface area contributed by atoms with E-state index in [0.717, 1.165) is 13.1 Å². The highest BCUT2D eigenvalue weighted by Gasteiger charge is 2.25. The topological polar surface area (TPSA) is 73.6 Å². The van der Waals surface area contributed by atoms with Gasteiger partial charge in [0.25, 0.3) is 5.69 Å². The molecule has 0 aliphatic carbocycles. The maximum atomic E-state index is 10.9. The predicted molar refractivity (Wildman–Crippen MR) is 68.0 cm³/mol. The van der Waals surface area contributed by atoms with Gasteiger partial charge in [0.05, 0.1) is 4.92 Å². The number of benzene rings is 1. The summed E-state index contributed by atoms with van der Waals surface area (Å²) in [6, 6.07) is 5.05. The second kappa shape index (κ2) is 5.95. The zero-order valence-electron chi connectivity index (χ0n) is 10.2. The number of nitro groups is 1. The smallest absolute Gasteiger partial charge is 0.406 e. The molecule has 0 atom stereocenters. The Morgan fingerprint density at radius 1 is 1.33 bits per heavy atom. The zero-order chi connectivity index (χ0) is 13.0. The fraction of sp³-hybridized carbons (Fsp3) is 0.455. The predicted octanol–water partition coefficient (Wildman–Crippen LogP) is 0.235. The van der Waals surface area contributed by atoms with Gasteiger partial charge in [0.1, 0.15) is 0 Å². The average Bonchev–Trinajstić information content (AvgIpc) is 2.29. The molecule has 0 unspecified atom stereocenters. The highest BCUT2D eigenvalue weighted by atomic mass is 16.6. The van der Waals surface area contributed by atoms with Gasteiger partial charge in [0.2, 0.25) is 0 Å². The van der Waals surface area contributed by atoms with Crippen molar-refractivity contribution in [3.63, 3.8) is 0 Å². The fourth-order valence-corrected chi connectivity index (χ4v) is 1.81. The van der Waals surface area contributed by atoms with Crippen LogP contribution in [0.2, 0.25) is 0 Å². The highest BCUT2D eigenvalue weighted by Crippen LogP contribution is 2.15. The van der Waals surface area contributed by atoms with Crippen LogP contribution in [0.1, 0.15) is 5.56 Å². The minimum absolute atomic E-state index is 0.0971. The molecule has 1 saturated heterocycles. The van der Waals surface area contributed by atoms with Crippen LogP contribution in [-0.4, -0.2) is 38.3 Å². The first-order valence-electron chi connectivity index (χ1n) is 5.87. The van der Waals surface area contributed by atoms with Gasteiger partial charge in [-0.2, -0.15) is 0 Å². The number of nitrogens with zero attached hydrogens (tertiary/aromatic N) is 1. The van der Waals surface area contributed by atoms with E-state index in [9.17, 15) is 10.1 Å². The van der Waals surface area contributed by atoms with Crippen molar-refractivity contribution in [2.75, 3.05) is 26.3 Å². The summed E-state index contributed by atoms with van der Waals surface area (Å²) in [5.74, 6) is 0. The summed E-state index contributed by atoms with van der Waals surface area (Å²) in [5.41, 5.74) is 1.42. The van der Waals surface area contributed by atoms with Crippen LogP contribution in [-0.2, 0) is 9.31 Å². The number of aryl methyl sites for hydroxylation is 1. The lowest BCUT2D eigenvalue weighted by atomic mass is 9.78. The summed E-state index contributed by atoms with van der Waals surface area (Å²) in [6.45, 7) is 4.27. The van der Waals surface area contributed by atoms with Gasteiger partial charge < -0.3 is 14.6 Å². The van der Waals surface area contributed by atoms with E-state index in [1.165, 1.54) is 6.07 Å². The maximum Gasteiger partial charge on any atom is 0.494 e. The van der Waals surface area contributed by atoms with Gasteiger partial charge in [-0.3, -0.25) is 10.1 Å². The van der Waals surface area contributed by atoms with Gasteiger partial charge in [-0.05, 0) is 12.4 Å². The molecule has 0 bridgehead atoms. The van der Waals surface area contributed by atoms with E-state index in [1.807, 2.05) is 6.07 Å². The Hall–Kier alpha value is -1.44. The molecule has 1 aliphatic heterocycles. The molecule has 96 valence electrons. The lowest BCUT2D eigenvalue weighted by Gasteiger charge is -2.18. The summed E-state index contributed by atoms with van der Waals surface area (Å²) in [7, 11) is -0.522. The highest BCUT2D eigenvalue weighted by molar-refractivity contribution is 6.61. The normalized spacial score (nSPS) is 17.1. The molecule has 0 amide bonds. The van der Waals surface area contributed by atoms with E-state index < -0.39 is 7.12 Å². The van der Waals surface area contributed by atoms with Gasteiger partial charge in [0, 0.05) is 37.9 Å². The number of hydrogen-bond donors (Lipinski definition) is 1. The summed E-state index contributed by atoms with van der Waals surface area (Å²) >= 11 is 0. The SMILES string of the molecule is Cc1ccc(B2OCCNCCO2)cc1[N+](=O)[O-]. The standard InChI is InChI=1S/C11H15BN2O4/c1-9-2-3-10(8-11(9)14(15)16)12-17-6-4-13-5-7-18-12/h2-3,8,13H,4-7H2,1H3. The molecule has 1 aliphatic rings. The van der Waals surface area contributed by atoms with Crippen molar-refractivity contribution < 1.29 is 14.2 Å². The minimum atomic E-state index is -0.522. The largest absolute Gasteiger partial charge is 0.494 e. The molecule has 0 saturated carbocycles. The molecule has 1 aromatic rings. The number of nitrogens with one attached hydrogen (secondary N) is 1. The third kappa shape index (κ3) is 3.07. The molecular weight excluding hydrogens is 235 g/mol. The van der Waals surface area contributed by atoms with Crippen molar-refractivity contribution in [3.05, 3.63) is 33.9 Å². The van der Waals surface area contributed by atoms with Crippen LogP contribution in [0.15, 0.2) is 18.2 Å². The van der Waals surface area contributed by atoms with Crippen LogP contribution in [0, 0.1) is 17.0 Å². The molecule has 6 nitrogen and oxygen atoms in total. The molecular formula is C11H15BN2O4. The van der Waals surface area contributed by atoms with Crippen LogP contribution in [0.3, 0.4) is 0 Å². The molecule has 18 heavy (non-hydrogen) atoms. The van der Waals surface area contributed by atoms with E-state index in [-0.39, 0.29) is 10.6 Å². The monoisotopic (exact) mass is 250 g/mol. The van der Waals surface area contributed by atoms with Crippen LogP contribution in [0.5, 0.6) is 0 Å². The average molecular weight is 250 g/mol. The molecule has 0 spiro atoms. The van der Waals surface area contributed by atoms with Crippen LogP contribution < -0.4 is 10.8 Å². The van der Waals surface area contributed by atoms with E-state index in [2.05, 4.69) is 5.32 Å². The Kier molecular flexibility index (Phi) is 4.30. The Morgan fingerprint density at radius 2 is 2.00 bits per heavy atom. The summed E-state index contributed by atoms with van der Waals surface area (Å²) in [4.78, 5) is 10.5. The van der Waals surface area contributed by atoms with Crippen LogP contribution in [0.4, 0.5) is 5.69 Å². The van der Waals surface area contributed by atoms with Gasteiger partial charge in [-0.25, -0.2) is 0 Å². The first-order chi connectivity index (χ1) is 8.68. The molecule has 1 heterocycles. The first-order valence-corrected chi connectivity index (χ1v) is 5.87. The zero-order valence-corrected chi connectivity index (χ0v) is 10.2. The minimum Gasteiger partial charge on any atom is -0.406 e. The molecule has 1 fully saturated rings. The van der Waals surface area contributed by atoms with Crippen molar-refractivity contribution in [2.24, 2.45) is 0 Å². The third-order valence-electron chi connectivity index (χ3n) is 2.80. The van der Waals surface area contributed by atoms with E-state index in [0.29, 0.717) is 24.2 Å².